The van der Waals surface area contributed by atoms with E-state index in [9.17, 15) is 23.2 Å². The third-order valence-electron chi connectivity index (χ3n) is 4.75. The lowest BCUT2D eigenvalue weighted by Crippen LogP contribution is -2.42. The maximum atomic E-state index is 13.0. The minimum atomic E-state index is -3.06. The lowest BCUT2D eigenvalue weighted by molar-refractivity contribution is -0.115. The summed E-state index contributed by atoms with van der Waals surface area (Å²) in [6.07, 6.45) is 0. The molecule has 0 fully saturated rings. The summed E-state index contributed by atoms with van der Waals surface area (Å²) in [6.45, 7) is -3.17. The molecule has 1 aliphatic heterocycles. The number of amides is 3. The Bertz CT molecular complexity index is 1180. The fourth-order valence-electron chi connectivity index (χ4n) is 3.32. The van der Waals surface area contributed by atoms with Gasteiger partial charge in [-0.15, -0.1) is 0 Å². The van der Waals surface area contributed by atoms with Crippen LogP contribution in [-0.4, -0.2) is 30.9 Å². The van der Waals surface area contributed by atoms with Crippen LogP contribution < -0.4 is 20.3 Å². The van der Waals surface area contributed by atoms with Gasteiger partial charge in [-0.3, -0.25) is 19.3 Å². The van der Waals surface area contributed by atoms with E-state index in [1.54, 1.807) is 24.3 Å². The molecule has 7 nitrogen and oxygen atoms in total. The standard InChI is InChI=1S/C23H17F2N3O4/c24-23(25)32-19-8-4-1-5-16(19)21(30)26-15-11-9-14(10-12-15)22(31)28-13-20(29)27-17-6-2-3-7-18(17)28/h1-12,23H,13H2,(H,26,30)(H,27,29). The SMILES string of the molecule is O=C1CN(C(=O)c2ccc(NC(=O)c3ccccc3OC(F)F)cc2)c2ccccc2N1. The number of anilines is 3. The lowest BCUT2D eigenvalue weighted by atomic mass is 10.1. The van der Waals surface area contributed by atoms with Crippen molar-refractivity contribution in [1.29, 1.82) is 0 Å². The number of benzene rings is 3. The van der Waals surface area contributed by atoms with Crippen LogP contribution in [0, 0.1) is 0 Å². The van der Waals surface area contributed by atoms with Gasteiger partial charge in [0, 0.05) is 11.3 Å². The number of rotatable bonds is 5. The van der Waals surface area contributed by atoms with Crippen molar-refractivity contribution in [2.45, 2.75) is 6.61 Å². The number of fused-ring (bicyclic) bond motifs is 1. The molecule has 0 aliphatic carbocycles. The Morgan fingerprint density at radius 3 is 2.41 bits per heavy atom. The Balaban J connectivity index is 1.50. The maximum absolute atomic E-state index is 13.0. The Hall–Kier alpha value is -4.27. The highest BCUT2D eigenvalue weighted by Crippen LogP contribution is 2.30. The second-order valence-corrected chi connectivity index (χ2v) is 6.86. The Morgan fingerprint density at radius 2 is 1.66 bits per heavy atom. The zero-order valence-electron chi connectivity index (χ0n) is 16.5. The van der Waals surface area contributed by atoms with Gasteiger partial charge in [-0.05, 0) is 48.5 Å². The van der Waals surface area contributed by atoms with E-state index in [1.165, 1.54) is 53.4 Å². The quantitative estimate of drug-likeness (QED) is 0.628. The Kier molecular flexibility index (Phi) is 5.80. The summed E-state index contributed by atoms with van der Waals surface area (Å²) in [5, 5.41) is 5.31. The van der Waals surface area contributed by atoms with Crippen LogP contribution in [0.2, 0.25) is 0 Å². The second kappa shape index (κ2) is 8.84. The van der Waals surface area contributed by atoms with Crippen LogP contribution >= 0.6 is 0 Å². The number of hydrogen-bond acceptors (Lipinski definition) is 4. The molecular formula is C23H17F2N3O4. The molecule has 9 heteroatoms. The average Bonchev–Trinajstić information content (AvgIpc) is 2.78. The number of ether oxygens (including phenoxy) is 1. The monoisotopic (exact) mass is 437 g/mol. The molecule has 0 saturated heterocycles. The van der Waals surface area contributed by atoms with Gasteiger partial charge >= 0.3 is 6.61 Å². The van der Waals surface area contributed by atoms with Crippen molar-refractivity contribution in [2.24, 2.45) is 0 Å². The van der Waals surface area contributed by atoms with Gasteiger partial charge < -0.3 is 15.4 Å². The molecule has 0 aromatic heterocycles. The molecule has 1 heterocycles. The molecule has 0 spiro atoms. The number of hydrogen-bond donors (Lipinski definition) is 2. The van der Waals surface area contributed by atoms with Crippen LogP contribution in [0.5, 0.6) is 5.75 Å². The third kappa shape index (κ3) is 4.41. The highest BCUT2D eigenvalue weighted by atomic mass is 19.3. The van der Waals surface area contributed by atoms with Crippen molar-refractivity contribution < 1.29 is 27.9 Å². The Morgan fingerprint density at radius 1 is 0.969 bits per heavy atom. The molecule has 4 rings (SSSR count). The van der Waals surface area contributed by atoms with Gasteiger partial charge in [0.05, 0.1) is 16.9 Å². The van der Waals surface area contributed by atoms with Crippen LogP contribution in [0.3, 0.4) is 0 Å². The molecular weight excluding hydrogens is 420 g/mol. The largest absolute Gasteiger partial charge is 0.434 e. The minimum Gasteiger partial charge on any atom is -0.434 e. The van der Waals surface area contributed by atoms with Gasteiger partial charge in [-0.1, -0.05) is 24.3 Å². The smallest absolute Gasteiger partial charge is 0.387 e. The van der Waals surface area contributed by atoms with E-state index in [2.05, 4.69) is 15.4 Å². The molecule has 3 amide bonds. The van der Waals surface area contributed by atoms with Gasteiger partial charge in [0.15, 0.2) is 0 Å². The number of nitrogens with one attached hydrogen (secondary N) is 2. The highest BCUT2D eigenvalue weighted by Gasteiger charge is 2.27. The van der Waals surface area contributed by atoms with Crippen LogP contribution in [0.25, 0.3) is 0 Å². The van der Waals surface area contributed by atoms with Crippen molar-refractivity contribution in [2.75, 3.05) is 22.1 Å². The van der Waals surface area contributed by atoms with E-state index in [0.717, 1.165) is 0 Å². The number of para-hydroxylation sites is 3. The molecule has 2 N–H and O–H groups in total. The highest BCUT2D eigenvalue weighted by molar-refractivity contribution is 6.15. The van der Waals surface area contributed by atoms with Gasteiger partial charge in [0.1, 0.15) is 12.3 Å². The summed E-state index contributed by atoms with van der Waals surface area (Å²) in [7, 11) is 0. The van der Waals surface area contributed by atoms with Crippen LogP contribution in [0.1, 0.15) is 20.7 Å². The average molecular weight is 437 g/mol. The molecule has 32 heavy (non-hydrogen) atoms. The van der Waals surface area contributed by atoms with Gasteiger partial charge in [-0.2, -0.15) is 8.78 Å². The molecule has 0 unspecified atom stereocenters. The summed E-state index contributed by atoms with van der Waals surface area (Å²) >= 11 is 0. The van der Waals surface area contributed by atoms with E-state index in [1.807, 2.05) is 0 Å². The van der Waals surface area contributed by atoms with Crippen molar-refractivity contribution in [3.8, 4) is 5.75 Å². The van der Waals surface area contributed by atoms with Gasteiger partial charge in [-0.25, -0.2) is 0 Å². The number of nitrogens with zero attached hydrogens (tertiary/aromatic N) is 1. The van der Waals surface area contributed by atoms with Crippen molar-refractivity contribution in [3.63, 3.8) is 0 Å². The molecule has 3 aromatic rings. The number of halogens is 2. The normalized spacial score (nSPS) is 12.7. The topological polar surface area (TPSA) is 87.7 Å². The van der Waals surface area contributed by atoms with E-state index in [4.69, 9.17) is 0 Å². The van der Waals surface area contributed by atoms with Crippen LogP contribution in [-0.2, 0) is 4.79 Å². The summed E-state index contributed by atoms with van der Waals surface area (Å²) in [6, 6.07) is 18.7. The van der Waals surface area contributed by atoms with E-state index < -0.39 is 12.5 Å². The molecule has 3 aromatic carbocycles. The molecule has 0 atom stereocenters. The van der Waals surface area contributed by atoms with Crippen molar-refractivity contribution in [3.05, 3.63) is 83.9 Å². The lowest BCUT2D eigenvalue weighted by Gasteiger charge is -2.29. The maximum Gasteiger partial charge on any atom is 0.387 e. The van der Waals surface area contributed by atoms with Gasteiger partial charge in [0.25, 0.3) is 11.8 Å². The Labute approximate surface area is 181 Å². The molecule has 162 valence electrons. The second-order valence-electron chi connectivity index (χ2n) is 6.86. The fraction of sp³-hybridized carbons (Fsp3) is 0.0870. The first kappa shape index (κ1) is 21.0. The van der Waals surface area contributed by atoms with Gasteiger partial charge in [0.2, 0.25) is 5.91 Å². The third-order valence-corrected chi connectivity index (χ3v) is 4.75. The predicted octanol–water partition coefficient (Wildman–Crippen LogP) is 4.14. The summed E-state index contributed by atoms with van der Waals surface area (Å²) < 4.78 is 29.5. The van der Waals surface area contributed by atoms with Crippen molar-refractivity contribution in [1.82, 2.24) is 0 Å². The molecule has 0 bridgehead atoms. The minimum absolute atomic E-state index is 0.0520. The number of carbonyl (C=O) groups is 3. The van der Waals surface area contributed by atoms with E-state index in [0.29, 0.717) is 22.6 Å². The summed E-state index contributed by atoms with van der Waals surface area (Å²) in [5.74, 6) is -1.55. The van der Waals surface area contributed by atoms with E-state index >= 15 is 0 Å². The number of alkyl halides is 2. The first-order chi connectivity index (χ1) is 15.4. The number of carbonyl (C=O) groups excluding carboxylic acids is 3. The zero-order valence-corrected chi connectivity index (χ0v) is 16.5. The first-order valence-electron chi connectivity index (χ1n) is 9.58. The molecule has 0 saturated carbocycles. The summed E-state index contributed by atoms with van der Waals surface area (Å²) in [5.41, 5.74) is 1.75. The molecule has 0 radical (unpaired) electrons. The predicted molar refractivity (Wildman–Crippen MR) is 114 cm³/mol. The molecule has 1 aliphatic rings. The summed E-state index contributed by atoms with van der Waals surface area (Å²) in [4.78, 5) is 38.8. The van der Waals surface area contributed by atoms with Crippen molar-refractivity contribution >= 4 is 34.8 Å². The van der Waals surface area contributed by atoms with Crippen LogP contribution in [0.4, 0.5) is 25.8 Å². The van der Waals surface area contributed by atoms with E-state index in [-0.39, 0.29) is 29.7 Å². The fourth-order valence-corrected chi connectivity index (χ4v) is 3.32. The zero-order chi connectivity index (χ0) is 22.7. The van der Waals surface area contributed by atoms with Crippen LogP contribution in [0.15, 0.2) is 72.8 Å². The first-order valence-corrected chi connectivity index (χ1v) is 9.58.